The molecule has 100 valence electrons. The summed E-state index contributed by atoms with van der Waals surface area (Å²) in [5.74, 6) is -1.31. The lowest BCUT2D eigenvalue weighted by atomic mass is 10.0. The highest BCUT2D eigenvalue weighted by atomic mass is 19.4. The van der Waals surface area contributed by atoms with Crippen LogP contribution in [0.3, 0.4) is 0 Å². The minimum absolute atomic E-state index is 0.235. The maximum atomic E-state index is 13.1. The maximum Gasteiger partial charge on any atom is 0.419 e. The largest absolute Gasteiger partial charge is 0.419 e. The fourth-order valence-corrected chi connectivity index (χ4v) is 1.95. The van der Waals surface area contributed by atoms with Crippen molar-refractivity contribution in [1.29, 1.82) is 0 Å². The van der Waals surface area contributed by atoms with Crippen LogP contribution in [-0.4, -0.2) is 29.9 Å². The second-order valence-corrected chi connectivity index (χ2v) is 4.12. The fraction of sp³-hybridized carbons (Fsp3) is 0.455. The standard InChI is InChI=1S/C11H12F4N2O/c12-9-2-1-7(5-8(9)11(13,14)15)10-6-16-3-4-17(10)18/h1-2,5,10,16,18H,3-4,6H2. The van der Waals surface area contributed by atoms with E-state index in [1.807, 2.05) is 0 Å². The zero-order valence-corrected chi connectivity index (χ0v) is 9.34. The van der Waals surface area contributed by atoms with E-state index in [-0.39, 0.29) is 5.56 Å². The van der Waals surface area contributed by atoms with Crippen molar-refractivity contribution in [2.45, 2.75) is 12.2 Å². The number of hydrogen-bond acceptors (Lipinski definition) is 3. The Hall–Kier alpha value is -1.18. The number of nitrogens with zero attached hydrogens (tertiary/aromatic N) is 1. The highest BCUT2D eigenvalue weighted by Crippen LogP contribution is 2.33. The Balaban J connectivity index is 2.34. The summed E-state index contributed by atoms with van der Waals surface area (Å²) in [5, 5.41) is 13.5. The fourth-order valence-electron chi connectivity index (χ4n) is 1.95. The van der Waals surface area contributed by atoms with E-state index in [1.165, 1.54) is 6.07 Å². The van der Waals surface area contributed by atoms with Gasteiger partial charge in [0.05, 0.1) is 11.6 Å². The molecule has 2 rings (SSSR count). The van der Waals surface area contributed by atoms with E-state index >= 15 is 0 Å². The lowest BCUT2D eigenvalue weighted by Crippen LogP contribution is -2.44. The van der Waals surface area contributed by atoms with Crippen LogP contribution < -0.4 is 5.32 Å². The zero-order valence-electron chi connectivity index (χ0n) is 9.34. The van der Waals surface area contributed by atoms with Gasteiger partial charge in [0.1, 0.15) is 5.82 Å². The third-order valence-electron chi connectivity index (χ3n) is 2.90. The smallest absolute Gasteiger partial charge is 0.313 e. The Morgan fingerprint density at radius 2 is 2.06 bits per heavy atom. The van der Waals surface area contributed by atoms with Crippen LogP contribution in [0.5, 0.6) is 0 Å². The van der Waals surface area contributed by atoms with Gasteiger partial charge in [0, 0.05) is 19.6 Å². The maximum absolute atomic E-state index is 13.1. The van der Waals surface area contributed by atoms with Crippen molar-refractivity contribution in [1.82, 2.24) is 10.4 Å². The first-order valence-electron chi connectivity index (χ1n) is 5.42. The molecule has 0 saturated carbocycles. The second-order valence-electron chi connectivity index (χ2n) is 4.12. The molecule has 7 heteroatoms. The van der Waals surface area contributed by atoms with E-state index < -0.39 is 23.6 Å². The molecule has 0 aliphatic carbocycles. The van der Waals surface area contributed by atoms with Gasteiger partial charge in [0.2, 0.25) is 0 Å². The molecule has 18 heavy (non-hydrogen) atoms. The molecule has 0 amide bonds. The van der Waals surface area contributed by atoms with Gasteiger partial charge in [-0.1, -0.05) is 6.07 Å². The minimum Gasteiger partial charge on any atom is -0.313 e. The molecule has 1 aliphatic rings. The minimum atomic E-state index is -4.73. The second kappa shape index (κ2) is 4.83. The van der Waals surface area contributed by atoms with Gasteiger partial charge < -0.3 is 10.5 Å². The van der Waals surface area contributed by atoms with Crippen LogP contribution in [0.2, 0.25) is 0 Å². The Morgan fingerprint density at radius 3 is 2.67 bits per heavy atom. The normalized spacial score (nSPS) is 22.2. The Labute approximate surface area is 101 Å². The van der Waals surface area contributed by atoms with Gasteiger partial charge in [-0.15, -0.1) is 0 Å². The molecule has 1 heterocycles. The number of piperazine rings is 1. The average molecular weight is 264 g/mol. The summed E-state index contributed by atoms with van der Waals surface area (Å²) >= 11 is 0. The molecule has 0 radical (unpaired) electrons. The van der Waals surface area contributed by atoms with Crippen LogP contribution in [0.4, 0.5) is 17.6 Å². The molecular formula is C11H12F4N2O. The molecule has 1 aliphatic heterocycles. The first kappa shape index (κ1) is 13.3. The SMILES string of the molecule is ON1CCNCC1c1ccc(F)c(C(F)(F)F)c1. The third-order valence-corrected chi connectivity index (χ3v) is 2.90. The Morgan fingerprint density at radius 1 is 1.33 bits per heavy atom. The quantitative estimate of drug-likeness (QED) is 0.763. The lowest BCUT2D eigenvalue weighted by Gasteiger charge is -2.31. The number of alkyl halides is 3. The molecule has 1 fully saturated rings. The number of halogens is 4. The van der Waals surface area contributed by atoms with Crippen molar-refractivity contribution >= 4 is 0 Å². The highest BCUT2D eigenvalue weighted by Gasteiger charge is 2.35. The van der Waals surface area contributed by atoms with E-state index in [0.29, 0.717) is 19.6 Å². The van der Waals surface area contributed by atoms with Gasteiger partial charge in [-0.2, -0.15) is 18.2 Å². The molecule has 0 spiro atoms. The number of hydrogen-bond donors (Lipinski definition) is 2. The van der Waals surface area contributed by atoms with Crippen LogP contribution in [0.15, 0.2) is 18.2 Å². The monoisotopic (exact) mass is 264 g/mol. The molecule has 1 aromatic rings. The van der Waals surface area contributed by atoms with Gasteiger partial charge in [0.25, 0.3) is 0 Å². The van der Waals surface area contributed by atoms with Crippen LogP contribution >= 0.6 is 0 Å². The molecule has 0 aromatic heterocycles. The molecule has 0 bridgehead atoms. The van der Waals surface area contributed by atoms with Gasteiger partial charge in [0.15, 0.2) is 0 Å². The number of benzene rings is 1. The number of rotatable bonds is 1. The highest BCUT2D eigenvalue weighted by molar-refractivity contribution is 5.29. The molecule has 1 saturated heterocycles. The summed E-state index contributed by atoms with van der Waals surface area (Å²) in [6.45, 7) is 1.18. The van der Waals surface area contributed by atoms with Crippen LogP contribution in [0, 0.1) is 5.82 Å². The average Bonchev–Trinajstić information content (AvgIpc) is 2.29. The van der Waals surface area contributed by atoms with E-state index in [0.717, 1.165) is 17.2 Å². The summed E-state index contributed by atoms with van der Waals surface area (Å²) in [7, 11) is 0. The molecule has 1 atom stereocenters. The first-order valence-corrected chi connectivity index (χ1v) is 5.42. The molecule has 1 unspecified atom stereocenters. The van der Waals surface area contributed by atoms with E-state index in [1.54, 1.807) is 0 Å². The zero-order chi connectivity index (χ0) is 13.3. The van der Waals surface area contributed by atoms with Crippen molar-refractivity contribution < 1.29 is 22.8 Å². The summed E-state index contributed by atoms with van der Waals surface area (Å²) < 4.78 is 50.8. The van der Waals surface area contributed by atoms with Gasteiger partial charge >= 0.3 is 6.18 Å². The van der Waals surface area contributed by atoms with Crippen molar-refractivity contribution in [3.63, 3.8) is 0 Å². The first-order chi connectivity index (χ1) is 8.39. The van der Waals surface area contributed by atoms with Crippen molar-refractivity contribution in [2.75, 3.05) is 19.6 Å². The molecule has 3 nitrogen and oxygen atoms in total. The number of nitrogens with one attached hydrogen (secondary N) is 1. The lowest BCUT2D eigenvalue weighted by molar-refractivity contribution is -0.143. The van der Waals surface area contributed by atoms with Gasteiger partial charge in [-0.25, -0.2) is 4.39 Å². The summed E-state index contributed by atoms with van der Waals surface area (Å²) in [6.07, 6.45) is -4.73. The predicted octanol–water partition coefficient (Wildman–Crippen LogP) is 2.18. The third kappa shape index (κ3) is 2.63. The van der Waals surface area contributed by atoms with E-state index in [2.05, 4.69) is 5.32 Å². The van der Waals surface area contributed by atoms with Crippen molar-refractivity contribution in [2.24, 2.45) is 0 Å². The summed E-state index contributed by atoms with van der Waals surface area (Å²) in [5.41, 5.74) is -1.07. The van der Waals surface area contributed by atoms with Crippen molar-refractivity contribution in [3.8, 4) is 0 Å². The topological polar surface area (TPSA) is 35.5 Å². The number of hydroxylamine groups is 2. The van der Waals surface area contributed by atoms with Gasteiger partial charge in [-0.05, 0) is 17.7 Å². The molecule has 1 aromatic carbocycles. The molecule has 2 N–H and O–H groups in total. The summed E-state index contributed by atoms with van der Waals surface area (Å²) in [4.78, 5) is 0. The van der Waals surface area contributed by atoms with Crippen LogP contribution in [0.25, 0.3) is 0 Å². The van der Waals surface area contributed by atoms with E-state index in [4.69, 9.17) is 0 Å². The predicted molar refractivity (Wildman–Crippen MR) is 55.5 cm³/mol. The Bertz CT molecular complexity index is 436. The van der Waals surface area contributed by atoms with Crippen molar-refractivity contribution in [3.05, 3.63) is 35.1 Å². The van der Waals surface area contributed by atoms with E-state index in [9.17, 15) is 22.8 Å². The van der Waals surface area contributed by atoms with Crippen LogP contribution in [-0.2, 0) is 6.18 Å². The molecular weight excluding hydrogens is 252 g/mol. The Kier molecular flexibility index (Phi) is 3.56. The summed E-state index contributed by atoms with van der Waals surface area (Å²) in [6, 6.07) is 2.18. The van der Waals surface area contributed by atoms with Crippen LogP contribution in [0.1, 0.15) is 17.2 Å². The van der Waals surface area contributed by atoms with Gasteiger partial charge in [-0.3, -0.25) is 0 Å².